The van der Waals surface area contributed by atoms with E-state index >= 15 is 0 Å². The van der Waals surface area contributed by atoms with E-state index in [9.17, 15) is 0 Å². The number of nitrogens with one attached hydrogen (secondary N) is 1. The molecule has 1 rings (SSSR count). The molecule has 1 aromatic rings. The zero-order valence-corrected chi connectivity index (χ0v) is 12.7. The van der Waals surface area contributed by atoms with Crippen molar-refractivity contribution in [3.8, 4) is 0 Å². The van der Waals surface area contributed by atoms with Gasteiger partial charge in [0.2, 0.25) is 0 Å². The van der Waals surface area contributed by atoms with E-state index in [1.165, 1.54) is 0 Å². The van der Waals surface area contributed by atoms with E-state index < -0.39 is 0 Å². The molecule has 1 N–H and O–H groups in total. The summed E-state index contributed by atoms with van der Waals surface area (Å²) in [7, 11) is 0. The summed E-state index contributed by atoms with van der Waals surface area (Å²) in [5.41, 5.74) is 1.12. The van der Waals surface area contributed by atoms with Gasteiger partial charge in [-0.15, -0.1) is 0 Å². The van der Waals surface area contributed by atoms with Crippen LogP contribution >= 0.6 is 0 Å². The van der Waals surface area contributed by atoms with Crippen LogP contribution in [0.25, 0.3) is 0 Å². The van der Waals surface area contributed by atoms with E-state index in [-0.39, 0.29) is 0 Å². The number of aromatic nitrogens is 2. The van der Waals surface area contributed by atoms with Crippen molar-refractivity contribution in [2.24, 2.45) is 5.92 Å². The number of anilines is 1. The summed E-state index contributed by atoms with van der Waals surface area (Å²) in [4.78, 5) is 9.17. The van der Waals surface area contributed by atoms with Gasteiger partial charge in [-0.2, -0.15) is 0 Å². The predicted octanol–water partition coefficient (Wildman–Crippen LogP) is 3.08. The molecule has 108 valence electrons. The molecule has 0 saturated heterocycles. The molecule has 0 aromatic carbocycles. The fourth-order valence-electron chi connectivity index (χ4n) is 1.84. The van der Waals surface area contributed by atoms with E-state index in [1.54, 1.807) is 0 Å². The monoisotopic (exact) mass is 265 g/mol. The second-order valence-corrected chi connectivity index (χ2v) is 5.13. The van der Waals surface area contributed by atoms with E-state index in [0.717, 1.165) is 49.8 Å². The highest BCUT2D eigenvalue weighted by Crippen LogP contribution is 2.12. The molecular weight excluding hydrogens is 238 g/mol. The quantitative estimate of drug-likeness (QED) is 0.697. The minimum Gasteiger partial charge on any atom is -0.381 e. The second-order valence-electron chi connectivity index (χ2n) is 5.13. The van der Waals surface area contributed by atoms with Gasteiger partial charge in [-0.05, 0) is 25.7 Å². The average Bonchev–Trinajstić information content (AvgIpc) is 2.36. The first-order chi connectivity index (χ1) is 9.15. The van der Waals surface area contributed by atoms with Gasteiger partial charge in [-0.1, -0.05) is 20.8 Å². The number of rotatable bonds is 9. The molecule has 19 heavy (non-hydrogen) atoms. The highest BCUT2D eigenvalue weighted by molar-refractivity contribution is 5.36. The van der Waals surface area contributed by atoms with Crippen LogP contribution in [-0.2, 0) is 17.6 Å². The molecular formula is C15H27N3O. The maximum Gasteiger partial charge on any atom is 0.133 e. The average molecular weight is 265 g/mol. The van der Waals surface area contributed by atoms with Crippen molar-refractivity contribution in [1.29, 1.82) is 0 Å². The zero-order valence-electron chi connectivity index (χ0n) is 12.7. The van der Waals surface area contributed by atoms with E-state index in [4.69, 9.17) is 4.74 Å². The van der Waals surface area contributed by atoms with Crippen LogP contribution in [0.5, 0.6) is 0 Å². The van der Waals surface area contributed by atoms with Crippen molar-refractivity contribution in [2.45, 2.75) is 47.0 Å². The Hall–Kier alpha value is -1.16. The first-order valence-electron chi connectivity index (χ1n) is 7.34. The Morgan fingerprint density at radius 1 is 1.26 bits per heavy atom. The van der Waals surface area contributed by atoms with Gasteiger partial charge in [0.15, 0.2) is 0 Å². The van der Waals surface area contributed by atoms with Crippen LogP contribution in [0.3, 0.4) is 0 Å². The van der Waals surface area contributed by atoms with Crippen molar-refractivity contribution < 1.29 is 4.74 Å². The van der Waals surface area contributed by atoms with Crippen LogP contribution in [0.2, 0.25) is 0 Å². The molecule has 1 heterocycles. The lowest BCUT2D eigenvalue weighted by Crippen LogP contribution is -2.10. The van der Waals surface area contributed by atoms with E-state index in [1.807, 2.05) is 6.92 Å². The lowest BCUT2D eigenvalue weighted by Gasteiger charge is -2.11. The second kappa shape index (κ2) is 8.86. The summed E-state index contributed by atoms with van der Waals surface area (Å²) >= 11 is 0. The normalized spacial score (nSPS) is 11.0. The SMILES string of the molecule is CCCNc1cc(CC(C)C)nc(CCOCC)n1. The van der Waals surface area contributed by atoms with Crippen LogP contribution in [0.4, 0.5) is 5.82 Å². The molecule has 0 radical (unpaired) electrons. The topological polar surface area (TPSA) is 47.0 Å². The Morgan fingerprint density at radius 3 is 2.68 bits per heavy atom. The van der Waals surface area contributed by atoms with Gasteiger partial charge in [-0.3, -0.25) is 0 Å². The van der Waals surface area contributed by atoms with E-state index in [0.29, 0.717) is 12.5 Å². The molecule has 0 spiro atoms. The zero-order chi connectivity index (χ0) is 14.1. The smallest absolute Gasteiger partial charge is 0.133 e. The molecule has 0 saturated carbocycles. The Labute approximate surface area is 117 Å². The summed E-state index contributed by atoms with van der Waals surface area (Å²) in [6.45, 7) is 11.0. The Kier molecular flexibility index (Phi) is 7.41. The standard InChI is InChI=1S/C15H27N3O/c1-5-8-16-15-11-13(10-12(3)4)17-14(18-15)7-9-19-6-2/h11-12H,5-10H2,1-4H3,(H,16,17,18). The van der Waals surface area contributed by atoms with Gasteiger partial charge >= 0.3 is 0 Å². The molecule has 0 amide bonds. The number of hydrogen-bond donors (Lipinski definition) is 1. The molecule has 0 aliphatic heterocycles. The number of nitrogens with zero attached hydrogens (tertiary/aromatic N) is 2. The van der Waals surface area contributed by atoms with Crippen molar-refractivity contribution in [2.75, 3.05) is 25.1 Å². The molecule has 1 aromatic heterocycles. The third-order valence-electron chi connectivity index (χ3n) is 2.67. The summed E-state index contributed by atoms with van der Waals surface area (Å²) in [5.74, 6) is 2.43. The first kappa shape index (κ1) is 15.9. The molecule has 0 bridgehead atoms. The summed E-state index contributed by atoms with van der Waals surface area (Å²) in [5, 5.41) is 3.35. The summed E-state index contributed by atoms with van der Waals surface area (Å²) < 4.78 is 5.38. The highest BCUT2D eigenvalue weighted by atomic mass is 16.5. The van der Waals surface area contributed by atoms with Gasteiger partial charge in [0.1, 0.15) is 11.6 Å². The van der Waals surface area contributed by atoms with Crippen LogP contribution in [0, 0.1) is 5.92 Å². The third-order valence-corrected chi connectivity index (χ3v) is 2.67. The Balaban J connectivity index is 2.75. The number of ether oxygens (including phenoxy) is 1. The van der Waals surface area contributed by atoms with Gasteiger partial charge in [0, 0.05) is 31.3 Å². The Morgan fingerprint density at radius 2 is 2.05 bits per heavy atom. The summed E-state index contributed by atoms with van der Waals surface area (Å²) in [6.07, 6.45) is 2.86. The van der Waals surface area contributed by atoms with Crippen LogP contribution < -0.4 is 5.32 Å². The largest absolute Gasteiger partial charge is 0.381 e. The molecule has 4 heteroatoms. The summed E-state index contributed by atoms with van der Waals surface area (Å²) in [6, 6.07) is 2.07. The lowest BCUT2D eigenvalue weighted by atomic mass is 10.1. The van der Waals surface area contributed by atoms with Crippen molar-refractivity contribution in [1.82, 2.24) is 9.97 Å². The maximum absolute atomic E-state index is 5.38. The minimum atomic E-state index is 0.605. The van der Waals surface area contributed by atoms with Crippen LogP contribution in [0.1, 0.15) is 45.6 Å². The molecule has 0 aliphatic rings. The van der Waals surface area contributed by atoms with Gasteiger partial charge in [-0.25, -0.2) is 9.97 Å². The lowest BCUT2D eigenvalue weighted by molar-refractivity contribution is 0.149. The van der Waals surface area contributed by atoms with Crippen LogP contribution in [0.15, 0.2) is 6.07 Å². The molecule has 0 atom stereocenters. The van der Waals surface area contributed by atoms with Gasteiger partial charge < -0.3 is 10.1 Å². The van der Waals surface area contributed by atoms with Crippen molar-refractivity contribution >= 4 is 5.82 Å². The molecule has 0 aliphatic carbocycles. The van der Waals surface area contributed by atoms with E-state index in [2.05, 4.69) is 42.1 Å². The molecule has 0 fully saturated rings. The van der Waals surface area contributed by atoms with Crippen LogP contribution in [-0.4, -0.2) is 29.7 Å². The molecule has 0 unspecified atom stereocenters. The maximum atomic E-state index is 5.38. The highest BCUT2D eigenvalue weighted by Gasteiger charge is 2.06. The third kappa shape index (κ3) is 6.53. The first-order valence-corrected chi connectivity index (χ1v) is 7.34. The Bertz CT molecular complexity index is 366. The molecule has 4 nitrogen and oxygen atoms in total. The van der Waals surface area contributed by atoms with Crippen molar-refractivity contribution in [3.05, 3.63) is 17.6 Å². The van der Waals surface area contributed by atoms with Gasteiger partial charge in [0.05, 0.1) is 6.61 Å². The van der Waals surface area contributed by atoms with Crippen molar-refractivity contribution in [3.63, 3.8) is 0 Å². The number of hydrogen-bond acceptors (Lipinski definition) is 4. The fraction of sp³-hybridized carbons (Fsp3) is 0.733. The van der Waals surface area contributed by atoms with Gasteiger partial charge in [0.25, 0.3) is 0 Å². The minimum absolute atomic E-state index is 0.605. The fourth-order valence-corrected chi connectivity index (χ4v) is 1.84. The predicted molar refractivity (Wildman–Crippen MR) is 79.6 cm³/mol.